The Morgan fingerprint density at radius 2 is 2.20 bits per heavy atom. The minimum atomic E-state index is 0.649. The lowest BCUT2D eigenvalue weighted by Crippen LogP contribution is -2.46. The fourth-order valence-corrected chi connectivity index (χ4v) is 1.68. The van der Waals surface area contributed by atoms with Crippen molar-refractivity contribution < 1.29 is 0 Å². The number of hydrazine groups is 1. The number of piperidine rings is 1. The molecule has 2 heteroatoms. The molecule has 10 heavy (non-hydrogen) atoms. The van der Waals surface area contributed by atoms with Gasteiger partial charge in [0.25, 0.3) is 0 Å². The molecule has 0 aromatic rings. The molecule has 1 aliphatic heterocycles. The molecule has 0 spiro atoms. The molecular weight excluding hydrogens is 124 g/mol. The van der Waals surface area contributed by atoms with Crippen LogP contribution in [0.1, 0.15) is 33.1 Å². The maximum Gasteiger partial charge on any atom is 0.0238 e. The molecule has 0 aromatic carbocycles. The predicted molar refractivity (Wildman–Crippen MR) is 43.4 cm³/mol. The average molecular weight is 142 g/mol. The van der Waals surface area contributed by atoms with Crippen molar-refractivity contribution in [3.63, 3.8) is 0 Å². The van der Waals surface area contributed by atoms with Crippen molar-refractivity contribution in [2.24, 2.45) is 11.8 Å². The third-order valence-electron chi connectivity index (χ3n) is 2.46. The van der Waals surface area contributed by atoms with Gasteiger partial charge >= 0.3 is 0 Å². The number of nitrogens with zero attached hydrogens (tertiary/aromatic N) is 1. The Hall–Kier alpha value is -0.0800. The molecule has 0 amide bonds. The van der Waals surface area contributed by atoms with Gasteiger partial charge in [-0.15, -0.1) is 0 Å². The van der Waals surface area contributed by atoms with E-state index in [4.69, 9.17) is 5.84 Å². The molecular formula is C8H18N2. The normalized spacial score (nSPS) is 36.3. The van der Waals surface area contributed by atoms with Crippen LogP contribution in [0, 0.1) is 5.92 Å². The Morgan fingerprint density at radius 1 is 1.50 bits per heavy atom. The summed E-state index contributed by atoms with van der Waals surface area (Å²) in [5.74, 6) is 6.61. The number of hydrogen-bond donors (Lipinski definition) is 1. The first-order valence-corrected chi connectivity index (χ1v) is 4.25. The lowest BCUT2D eigenvalue weighted by Gasteiger charge is -2.34. The second-order valence-electron chi connectivity index (χ2n) is 3.44. The Morgan fingerprint density at radius 3 is 2.70 bits per heavy atom. The van der Waals surface area contributed by atoms with E-state index in [1.165, 1.54) is 19.3 Å². The van der Waals surface area contributed by atoms with Gasteiger partial charge in [0.15, 0.2) is 0 Å². The summed E-state index contributed by atoms with van der Waals surface area (Å²) in [5.41, 5.74) is 0. The van der Waals surface area contributed by atoms with Crippen molar-refractivity contribution in [1.82, 2.24) is 5.01 Å². The molecule has 0 aliphatic carbocycles. The van der Waals surface area contributed by atoms with Crippen molar-refractivity contribution in [3.05, 3.63) is 0 Å². The fraction of sp³-hybridized carbons (Fsp3) is 1.00. The van der Waals surface area contributed by atoms with Crippen LogP contribution in [-0.2, 0) is 0 Å². The van der Waals surface area contributed by atoms with Gasteiger partial charge in [-0.2, -0.15) is 0 Å². The van der Waals surface area contributed by atoms with Crippen LogP contribution in [0.3, 0.4) is 0 Å². The summed E-state index contributed by atoms with van der Waals surface area (Å²) in [5, 5.41) is 2.01. The highest BCUT2D eigenvalue weighted by Crippen LogP contribution is 2.20. The van der Waals surface area contributed by atoms with Gasteiger partial charge in [0.05, 0.1) is 0 Å². The van der Waals surface area contributed by atoms with Gasteiger partial charge in [-0.3, -0.25) is 5.84 Å². The van der Waals surface area contributed by atoms with Crippen molar-refractivity contribution in [2.45, 2.75) is 39.2 Å². The molecule has 1 rings (SSSR count). The molecule has 1 fully saturated rings. The van der Waals surface area contributed by atoms with Crippen LogP contribution in [0.2, 0.25) is 0 Å². The molecule has 0 bridgehead atoms. The van der Waals surface area contributed by atoms with Gasteiger partial charge in [-0.05, 0) is 25.2 Å². The summed E-state index contributed by atoms with van der Waals surface area (Å²) < 4.78 is 0. The Bertz CT molecular complexity index is 103. The second-order valence-corrected chi connectivity index (χ2v) is 3.44. The Labute approximate surface area is 63.4 Å². The average Bonchev–Trinajstić information content (AvgIpc) is 1.88. The maximum absolute atomic E-state index is 5.81. The first-order chi connectivity index (χ1) is 4.74. The van der Waals surface area contributed by atoms with Gasteiger partial charge in [0.1, 0.15) is 0 Å². The van der Waals surface area contributed by atoms with Gasteiger partial charge in [-0.25, -0.2) is 5.01 Å². The highest BCUT2D eigenvalue weighted by molar-refractivity contribution is 4.74. The highest BCUT2D eigenvalue weighted by Gasteiger charge is 2.21. The van der Waals surface area contributed by atoms with E-state index >= 15 is 0 Å². The predicted octanol–water partition coefficient (Wildman–Crippen LogP) is 1.37. The zero-order valence-corrected chi connectivity index (χ0v) is 7.01. The number of hydrogen-bond acceptors (Lipinski definition) is 2. The molecule has 0 radical (unpaired) electrons. The van der Waals surface area contributed by atoms with E-state index in [0.717, 1.165) is 12.5 Å². The van der Waals surface area contributed by atoms with Crippen LogP contribution in [0.4, 0.5) is 0 Å². The summed E-state index contributed by atoms with van der Waals surface area (Å²) in [4.78, 5) is 0. The molecule has 1 saturated heterocycles. The highest BCUT2D eigenvalue weighted by atomic mass is 15.4. The van der Waals surface area contributed by atoms with Gasteiger partial charge in [-0.1, -0.05) is 13.8 Å². The third kappa shape index (κ3) is 1.70. The zero-order chi connectivity index (χ0) is 7.56. The summed E-state index contributed by atoms with van der Waals surface area (Å²) in [6, 6.07) is 0.649. The van der Waals surface area contributed by atoms with Crippen molar-refractivity contribution in [2.75, 3.05) is 6.54 Å². The summed E-state index contributed by atoms with van der Waals surface area (Å²) in [7, 11) is 0. The topological polar surface area (TPSA) is 29.3 Å². The minimum absolute atomic E-state index is 0.649. The number of rotatable bonds is 1. The van der Waals surface area contributed by atoms with Gasteiger partial charge < -0.3 is 0 Å². The van der Waals surface area contributed by atoms with Gasteiger partial charge in [0, 0.05) is 12.6 Å². The molecule has 2 N–H and O–H groups in total. The fourth-order valence-electron chi connectivity index (χ4n) is 1.68. The molecule has 0 saturated carbocycles. The first kappa shape index (κ1) is 8.02. The van der Waals surface area contributed by atoms with Crippen LogP contribution in [0.25, 0.3) is 0 Å². The molecule has 1 heterocycles. The standard InChI is InChI=1S/C8H18N2/c1-3-8-5-4-7(2)6-10(8)9/h7-8H,3-6,9H2,1-2H3/t7-,8+/m0/s1. The smallest absolute Gasteiger partial charge is 0.0238 e. The van der Waals surface area contributed by atoms with E-state index in [-0.39, 0.29) is 0 Å². The van der Waals surface area contributed by atoms with Gasteiger partial charge in [0.2, 0.25) is 0 Å². The Kier molecular flexibility index (Phi) is 2.69. The number of nitrogens with two attached hydrogens (primary N) is 1. The summed E-state index contributed by atoms with van der Waals surface area (Å²) in [6.07, 6.45) is 3.84. The van der Waals surface area contributed by atoms with Crippen molar-refractivity contribution in [3.8, 4) is 0 Å². The lowest BCUT2D eigenvalue weighted by molar-refractivity contribution is 0.112. The van der Waals surface area contributed by atoms with E-state index in [1.54, 1.807) is 0 Å². The molecule has 0 unspecified atom stereocenters. The Balaban J connectivity index is 2.36. The molecule has 60 valence electrons. The SMILES string of the molecule is CC[C@@H]1CC[C@H](C)CN1N. The van der Waals surface area contributed by atoms with Crippen molar-refractivity contribution in [1.29, 1.82) is 0 Å². The van der Waals surface area contributed by atoms with Crippen LogP contribution in [0.15, 0.2) is 0 Å². The molecule has 1 aliphatic rings. The molecule has 0 aromatic heterocycles. The van der Waals surface area contributed by atoms with Crippen LogP contribution < -0.4 is 5.84 Å². The van der Waals surface area contributed by atoms with E-state index in [0.29, 0.717) is 6.04 Å². The summed E-state index contributed by atoms with van der Waals surface area (Å²) >= 11 is 0. The quantitative estimate of drug-likeness (QED) is 0.560. The molecule has 2 nitrogen and oxygen atoms in total. The first-order valence-electron chi connectivity index (χ1n) is 4.25. The van der Waals surface area contributed by atoms with E-state index in [1.807, 2.05) is 5.01 Å². The van der Waals surface area contributed by atoms with E-state index in [9.17, 15) is 0 Å². The van der Waals surface area contributed by atoms with Crippen LogP contribution >= 0.6 is 0 Å². The summed E-state index contributed by atoms with van der Waals surface area (Å²) in [6.45, 7) is 5.56. The van der Waals surface area contributed by atoms with Crippen LogP contribution in [0.5, 0.6) is 0 Å². The molecule has 2 atom stereocenters. The zero-order valence-electron chi connectivity index (χ0n) is 7.01. The minimum Gasteiger partial charge on any atom is -0.269 e. The third-order valence-corrected chi connectivity index (χ3v) is 2.46. The van der Waals surface area contributed by atoms with E-state index < -0.39 is 0 Å². The maximum atomic E-state index is 5.81. The largest absolute Gasteiger partial charge is 0.269 e. The second kappa shape index (κ2) is 3.35. The van der Waals surface area contributed by atoms with Crippen LogP contribution in [-0.4, -0.2) is 17.6 Å². The van der Waals surface area contributed by atoms with Crippen molar-refractivity contribution >= 4 is 0 Å². The lowest BCUT2D eigenvalue weighted by atomic mass is 9.94. The van der Waals surface area contributed by atoms with E-state index in [2.05, 4.69) is 13.8 Å². The monoisotopic (exact) mass is 142 g/mol.